The van der Waals surface area contributed by atoms with Crippen molar-refractivity contribution in [2.24, 2.45) is 0 Å². The van der Waals surface area contributed by atoms with E-state index < -0.39 is 0 Å². The first-order valence-corrected chi connectivity index (χ1v) is 7.36. The van der Waals surface area contributed by atoms with Crippen LogP contribution in [0.2, 0.25) is 0 Å². The Bertz CT molecular complexity index is 581. The van der Waals surface area contributed by atoms with E-state index in [9.17, 15) is 0 Å². The molecule has 2 aromatic rings. The Kier molecular flexibility index (Phi) is 2.99. The van der Waals surface area contributed by atoms with Crippen LogP contribution in [0.3, 0.4) is 0 Å². The van der Waals surface area contributed by atoms with E-state index in [-0.39, 0.29) is 0 Å². The maximum atomic E-state index is 5.36. The van der Waals surface area contributed by atoms with Gasteiger partial charge in [0.25, 0.3) is 5.89 Å². The van der Waals surface area contributed by atoms with Crippen LogP contribution >= 0.6 is 0 Å². The molecular weight excluding hydrogens is 256 g/mol. The van der Waals surface area contributed by atoms with Crippen molar-refractivity contribution in [3.63, 3.8) is 0 Å². The summed E-state index contributed by atoms with van der Waals surface area (Å²) in [5.74, 6) is 1.77. The first kappa shape index (κ1) is 12.0. The van der Waals surface area contributed by atoms with Crippen molar-refractivity contribution < 1.29 is 4.52 Å². The van der Waals surface area contributed by atoms with Crippen LogP contribution in [0.1, 0.15) is 49.9 Å². The van der Waals surface area contributed by atoms with Crippen molar-refractivity contribution in [3.8, 4) is 11.6 Å². The Morgan fingerprint density at radius 3 is 2.80 bits per heavy atom. The van der Waals surface area contributed by atoms with Crippen LogP contribution in [0.25, 0.3) is 11.6 Å². The first-order chi connectivity index (χ1) is 9.90. The van der Waals surface area contributed by atoms with Gasteiger partial charge >= 0.3 is 0 Å². The summed E-state index contributed by atoms with van der Waals surface area (Å²) in [5, 5.41) is 15.6. The van der Waals surface area contributed by atoms with Gasteiger partial charge in [-0.1, -0.05) is 29.6 Å². The molecule has 1 aliphatic heterocycles. The van der Waals surface area contributed by atoms with E-state index >= 15 is 0 Å². The number of hydrogen-bond donors (Lipinski definition) is 1. The maximum absolute atomic E-state index is 5.36. The number of rotatable bonds is 3. The summed E-state index contributed by atoms with van der Waals surface area (Å²) >= 11 is 0. The molecule has 2 aliphatic rings. The largest absolute Gasteiger partial charge is 0.332 e. The molecule has 2 aromatic heterocycles. The summed E-state index contributed by atoms with van der Waals surface area (Å²) in [6, 6.07) is 0.400. The maximum Gasteiger partial charge on any atom is 0.280 e. The van der Waals surface area contributed by atoms with Crippen molar-refractivity contribution >= 4 is 0 Å². The van der Waals surface area contributed by atoms with Gasteiger partial charge in [0.2, 0.25) is 0 Å². The van der Waals surface area contributed by atoms with Gasteiger partial charge in [-0.3, -0.25) is 0 Å². The van der Waals surface area contributed by atoms with E-state index in [1.807, 2.05) is 10.9 Å². The predicted octanol–water partition coefficient (Wildman–Crippen LogP) is 1.52. The molecule has 0 amide bonds. The molecule has 2 fully saturated rings. The molecule has 4 rings (SSSR count). The number of nitrogens with zero attached hydrogens (tertiary/aromatic N) is 5. The van der Waals surface area contributed by atoms with E-state index in [2.05, 4.69) is 25.8 Å². The summed E-state index contributed by atoms with van der Waals surface area (Å²) in [7, 11) is 0. The molecule has 0 unspecified atom stereocenters. The van der Waals surface area contributed by atoms with E-state index in [4.69, 9.17) is 4.52 Å². The summed E-state index contributed by atoms with van der Waals surface area (Å²) in [4.78, 5) is 4.51. The number of hydrogen-bond acceptors (Lipinski definition) is 6. The predicted molar refractivity (Wildman–Crippen MR) is 71.0 cm³/mol. The minimum absolute atomic E-state index is 0.400. The zero-order chi connectivity index (χ0) is 13.4. The van der Waals surface area contributed by atoms with Crippen LogP contribution < -0.4 is 5.32 Å². The second kappa shape index (κ2) is 4.97. The molecule has 20 heavy (non-hydrogen) atoms. The number of nitrogens with one attached hydrogen (secondary N) is 1. The molecule has 0 bridgehead atoms. The van der Waals surface area contributed by atoms with Crippen LogP contribution in [-0.2, 0) is 0 Å². The van der Waals surface area contributed by atoms with Crippen LogP contribution in [-0.4, -0.2) is 38.2 Å². The monoisotopic (exact) mass is 274 g/mol. The molecule has 0 spiro atoms. The lowest BCUT2D eigenvalue weighted by molar-refractivity contribution is 0.313. The molecule has 1 saturated carbocycles. The zero-order valence-electron chi connectivity index (χ0n) is 11.3. The Hall–Kier alpha value is -1.76. The van der Waals surface area contributed by atoms with Gasteiger partial charge in [-0.05, 0) is 12.8 Å². The summed E-state index contributed by atoms with van der Waals surface area (Å²) in [6.07, 6.45) is 8.08. The normalized spacial score (nSPS) is 21.0. The molecule has 3 heterocycles. The van der Waals surface area contributed by atoms with Gasteiger partial charge in [0, 0.05) is 19.0 Å². The molecule has 0 radical (unpaired) electrons. The summed E-state index contributed by atoms with van der Waals surface area (Å²) in [5.41, 5.74) is 0.673. The molecule has 0 atom stereocenters. The Labute approximate surface area is 116 Å². The lowest BCUT2D eigenvalue weighted by Gasteiger charge is -2.26. The van der Waals surface area contributed by atoms with Crippen LogP contribution in [0.4, 0.5) is 0 Å². The van der Waals surface area contributed by atoms with Gasteiger partial charge < -0.3 is 9.84 Å². The minimum Gasteiger partial charge on any atom is -0.332 e. The molecule has 7 heteroatoms. The molecule has 1 N–H and O–H groups in total. The van der Waals surface area contributed by atoms with Crippen LogP contribution in [0.5, 0.6) is 0 Å². The van der Waals surface area contributed by atoms with Gasteiger partial charge in [0.15, 0.2) is 11.5 Å². The Balaban J connectivity index is 1.53. The van der Waals surface area contributed by atoms with E-state index in [0.29, 0.717) is 23.5 Å². The van der Waals surface area contributed by atoms with Gasteiger partial charge in [-0.15, -0.1) is 5.10 Å². The highest BCUT2D eigenvalue weighted by atomic mass is 16.5. The minimum atomic E-state index is 0.400. The van der Waals surface area contributed by atoms with E-state index in [1.54, 1.807) is 0 Å². The smallest absolute Gasteiger partial charge is 0.280 e. The third-order valence-corrected chi connectivity index (χ3v) is 4.28. The highest BCUT2D eigenvalue weighted by molar-refractivity contribution is 5.43. The van der Waals surface area contributed by atoms with Crippen molar-refractivity contribution in [2.75, 3.05) is 13.1 Å². The van der Waals surface area contributed by atoms with Crippen LogP contribution in [0, 0.1) is 0 Å². The van der Waals surface area contributed by atoms with E-state index in [1.165, 1.54) is 32.1 Å². The average Bonchev–Trinajstić information content (AvgIpc) is 3.06. The highest BCUT2D eigenvalue weighted by Crippen LogP contribution is 2.31. The molecule has 1 aliphatic carbocycles. The van der Waals surface area contributed by atoms with Gasteiger partial charge in [-0.25, -0.2) is 4.68 Å². The third kappa shape index (κ3) is 2.11. The fourth-order valence-electron chi connectivity index (χ4n) is 2.88. The average molecular weight is 274 g/mol. The lowest BCUT2D eigenvalue weighted by atomic mass is 9.89. The zero-order valence-corrected chi connectivity index (χ0v) is 11.3. The molecule has 1 saturated heterocycles. The topological polar surface area (TPSA) is 81.7 Å². The number of aromatic nitrogens is 5. The summed E-state index contributed by atoms with van der Waals surface area (Å²) in [6.45, 7) is 1.89. The van der Waals surface area contributed by atoms with Gasteiger partial charge in [-0.2, -0.15) is 4.98 Å². The molecule has 7 nitrogen and oxygen atoms in total. The quantitative estimate of drug-likeness (QED) is 0.913. The van der Waals surface area contributed by atoms with Crippen molar-refractivity contribution in [1.29, 1.82) is 0 Å². The standard InChI is InChI=1S/C13H18N6O/c1-2-4-9(5-3-1)12-15-13(20-17-12)11-8-19(18-16-11)10-6-14-7-10/h8-10,14H,1-7H2. The molecule has 106 valence electrons. The summed E-state index contributed by atoms with van der Waals surface area (Å²) < 4.78 is 7.23. The van der Waals surface area contributed by atoms with Crippen molar-refractivity contribution in [3.05, 3.63) is 12.0 Å². The third-order valence-electron chi connectivity index (χ3n) is 4.28. The fraction of sp³-hybridized carbons (Fsp3) is 0.692. The molecular formula is C13H18N6O. The lowest BCUT2D eigenvalue weighted by Crippen LogP contribution is -2.43. The highest BCUT2D eigenvalue weighted by Gasteiger charge is 2.24. The second-order valence-corrected chi connectivity index (χ2v) is 5.69. The Morgan fingerprint density at radius 1 is 1.20 bits per heavy atom. The fourth-order valence-corrected chi connectivity index (χ4v) is 2.88. The van der Waals surface area contributed by atoms with Gasteiger partial charge in [0.1, 0.15) is 0 Å². The van der Waals surface area contributed by atoms with Gasteiger partial charge in [0.05, 0.1) is 12.2 Å². The SMILES string of the molecule is c1c(-c2nc(C3CCCCC3)no2)nnn1C1CNC1. The first-order valence-electron chi connectivity index (χ1n) is 7.36. The van der Waals surface area contributed by atoms with Crippen LogP contribution in [0.15, 0.2) is 10.7 Å². The second-order valence-electron chi connectivity index (χ2n) is 5.69. The van der Waals surface area contributed by atoms with E-state index in [0.717, 1.165) is 18.9 Å². The Morgan fingerprint density at radius 2 is 2.05 bits per heavy atom. The van der Waals surface area contributed by atoms with Crippen molar-refractivity contribution in [1.82, 2.24) is 30.5 Å². The van der Waals surface area contributed by atoms with Crippen molar-refractivity contribution in [2.45, 2.75) is 44.1 Å². The molecule has 0 aromatic carbocycles.